The van der Waals surface area contributed by atoms with Crippen molar-refractivity contribution < 1.29 is 14.1 Å². The standard InChI is InChI=1S/C21H32FN3O/c1-15-5-4-6-20(16(15)2)23-21(26)17(3)24-11-13-25(14-12-24)19-9-7-18(22)8-10-19/h7-10,15-17,20H,4-6,11-14H2,1-3H3,(H,23,26)/p+1/t15-,16-,17-,20-/m1/s1. The van der Waals surface area contributed by atoms with Crippen molar-refractivity contribution in [3.63, 3.8) is 0 Å². The number of nitrogens with one attached hydrogen (secondary N) is 2. The van der Waals surface area contributed by atoms with Gasteiger partial charge in [0.2, 0.25) is 0 Å². The summed E-state index contributed by atoms with van der Waals surface area (Å²) in [6.45, 7) is 10.3. The van der Waals surface area contributed by atoms with Gasteiger partial charge in [0.25, 0.3) is 5.91 Å². The first kappa shape index (κ1) is 19.2. The molecule has 1 aliphatic heterocycles. The molecule has 4 atom stereocenters. The summed E-state index contributed by atoms with van der Waals surface area (Å²) in [6, 6.07) is 7.00. The van der Waals surface area contributed by atoms with Gasteiger partial charge in [0.15, 0.2) is 6.04 Å². The van der Waals surface area contributed by atoms with Crippen molar-refractivity contribution in [2.75, 3.05) is 31.1 Å². The molecule has 0 spiro atoms. The summed E-state index contributed by atoms with van der Waals surface area (Å²) in [7, 11) is 0. The highest BCUT2D eigenvalue weighted by atomic mass is 19.1. The van der Waals surface area contributed by atoms with Crippen LogP contribution in [-0.2, 0) is 4.79 Å². The highest BCUT2D eigenvalue weighted by Gasteiger charge is 2.33. The number of amides is 1. The van der Waals surface area contributed by atoms with Gasteiger partial charge in [0, 0.05) is 11.7 Å². The van der Waals surface area contributed by atoms with Gasteiger partial charge in [-0.1, -0.05) is 26.7 Å². The van der Waals surface area contributed by atoms with Gasteiger partial charge in [-0.15, -0.1) is 0 Å². The summed E-state index contributed by atoms with van der Waals surface area (Å²) in [6.07, 6.45) is 3.60. The maximum Gasteiger partial charge on any atom is 0.278 e. The zero-order valence-electron chi connectivity index (χ0n) is 16.3. The molecule has 1 heterocycles. The Bertz CT molecular complexity index is 598. The number of rotatable bonds is 4. The second kappa shape index (κ2) is 8.38. The van der Waals surface area contributed by atoms with Crippen LogP contribution in [0.1, 0.15) is 40.0 Å². The van der Waals surface area contributed by atoms with Crippen molar-refractivity contribution in [2.24, 2.45) is 11.8 Å². The number of carbonyl (C=O) groups excluding carboxylic acids is 1. The molecule has 144 valence electrons. The lowest BCUT2D eigenvalue weighted by Gasteiger charge is -2.38. The Morgan fingerprint density at radius 3 is 2.50 bits per heavy atom. The maximum atomic E-state index is 13.1. The number of anilines is 1. The molecule has 3 rings (SSSR count). The lowest BCUT2D eigenvalue weighted by molar-refractivity contribution is -0.914. The zero-order chi connectivity index (χ0) is 18.7. The molecule has 1 amide bonds. The predicted octanol–water partition coefficient (Wildman–Crippen LogP) is 1.86. The molecule has 5 heteroatoms. The summed E-state index contributed by atoms with van der Waals surface area (Å²) >= 11 is 0. The van der Waals surface area contributed by atoms with E-state index in [9.17, 15) is 9.18 Å². The Kier molecular flexibility index (Phi) is 6.17. The van der Waals surface area contributed by atoms with Crippen molar-refractivity contribution in [2.45, 2.75) is 52.1 Å². The molecule has 1 aliphatic carbocycles. The number of hydrogen-bond acceptors (Lipinski definition) is 2. The van der Waals surface area contributed by atoms with E-state index < -0.39 is 0 Å². The van der Waals surface area contributed by atoms with E-state index in [1.807, 2.05) is 12.1 Å². The average Bonchev–Trinajstić information content (AvgIpc) is 2.65. The first-order chi connectivity index (χ1) is 12.5. The molecule has 0 radical (unpaired) electrons. The lowest BCUT2D eigenvalue weighted by atomic mass is 9.78. The minimum atomic E-state index is -0.199. The largest absolute Gasteiger partial charge is 0.360 e. The normalized spacial score (nSPS) is 28.6. The molecular weight excluding hydrogens is 329 g/mol. The number of hydrogen-bond donors (Lipinski definition) is 2. The minimum absolute atomic E-state index is 0.0187. The van der Waals surface area contributed by atoms with Crippen molar-refractivity contribution >= 4 is 11.6 Å². The minimum Gasteiger partial charge on any atom is -0.360 e. The first-order valence-electron chi connectivity index (χ1n) is 10.1. The lowest BCUT2D eigenvalue weighted by Crippen LogP contribution is -3.19. The topological polar surface area (TPSA) is 36.8 Å². The Morgan fingerprint density at radius 2 is 1.85 bits per heavy atom. The molecular formula is C21H33FN3O+. The molecule has 2 N–H and O–H groups in total. The third-order valence-electron chi connectivity index (χ3n) is 6.64. The Morgan fingerprint density at radius 1 is 1.19 bits per heavy atom. The molecule has 0 bridgehead atoms. The number of halogens is 1. The molecule has 4 nitrogen and oxygen atoms in total. The fourth-order valence-corrected chi connectivity index (χ4v) is 4.42. The molecule has 1 saturated heterocycles. The van der Waals surface area contributed by atoms with Crippen molar-refractivity contribution in [3.8, 4) is 0 Å². The molecule has 1 saturated carbocycles. The van der Waals surface area contributed by atoms with E-state index in [0.29, 0.717) is 17.9 Å². The van der Waals surface area contributed by atoms with E-state index in [1.54, 1.807) is 0 Å². The fraction of sp³-hybridized carbons (Fsp3) is 0.667. The molecule has 2 aliphatic rings. The summed E-state index contributed by atoms with van der Waals surface area (Å²) < 4.78 is 13.1. The van der Waals surface area contributed by atoms with Crippen LogP contribution in [0.3, 0.4) is 0 Å². The third-order valence-corrected chi connectivity index (χ3v) is 6.64. The van der Waals surface area contributed by atoms with Gasteiger partial charge in [-0.25, -0.2) is 4.39 Å². The van der Waals surface area contributed by atoms with Gasteiger partial charge < -0.3 is 15.1 Å². The predicted molar refractivity (Wildman–Crippen MR) is 103 cm³/mol. The highest BCUT2D eigenvalue weighted by Crippen LogP contribution is 2.29. The molecule has 26 heavy (non-hydrogen) atoms. The van der Waals surface area contributed by atoms with Crippen LogP contribution < -0.4 is 15.1 Å². The van der Waals surface area contributed by atoms with Gasteiger partial charge in [-0.3, -0.25) is 4.79 Å². The summed E-state index contributed by atoms with van der Waals surface area (Å²) in [5.41, 5.74) is 1.06. The summed E-state index contributed by atoms with van der Waals surface area (Å²) in [4.78, 5) is 16.4. The van der Waals surface area contributed by atoms with E-state index in [4.69, 9.17) is 0 Å². The maximum absolute atomic E-state index is 13.1. The van der Waals surface area contributed by atoms with Crippen LogP contribution >= 0.6 is 0 Å². The SMILES string of the molecule is C[C@@H]1[C@H](C)CCC[C@H]1NC(=O)[C@@H](C)[NH+]1CCN(c2ccc(F)cc2)CC1. The van der Waals surface area contributed by atoms with Gasteiger partial charge in [0.1, 0.15) is 5.82 Å². The van der Waals surface area contributed by atoms with Gasteiger partial charge in [-0.2, -0.15) is 0 Å². The first-order valence-corrected chi connectivity index (χ1v) is 10.1. The van der Waals surface area contributed by atoms with E-state index in [-0.39, 0.29) is 17.8 Å². The van der Waals surface area contributed by atoms with E-state index in [2.05, 4.69) is 31.0 Å². The Hall–Kier alpha value is -1.62. The summed E-state index contributed by atoms with van der Waals surface area (Å²) in [5, 5.41) is 3.33. The molecule has 2 fully saturated rings. The van der Waals surface area contributed by atoms with Crippen LogP contribution in [0.25, 0.3) is 0 Å². The smallest absolute Gasteiger partial charge is 0.278 e. The molecule has 0 aromatic heterocycles. The van der Waals surface area contributed by atoms with Crippen LogP contribution in [0, 0.1) is 17.7 Å². The number of piperazine rings is 1. The zero-order valence-corrected chi connectivity index (χ0v) is 16.3. The van der Waals surface area contributed by atoms with Gasteiger partial charge >= 0.3 is 0 Å². The average molecular weight is 363 g/mol. The number of benzene rings is 1. The second-order valence-electron chi connectivity index (χ2n) is 8.23. The van der Waals surface area contributed by atoms with Crippen LogP contribution in [0.5, 0.6) is 0 Å². The van der Waals surface area contributed by atoms with E-state index in [1.165, 1.54) is 29.9 Å². The molecule has 1 aromatic carbocycles. The Balaban J connectivity index is 1.50. The van der Waals surface area contributed by atoms with Crippen LogP contribution in [-0.4, -0.2) is 44.2 Å². The number of nitrogens with zero attached hydrogens (tertiary/aromatic N) is 1. The van der Waals surface area contributed by atoms with Gasteiger partial charge in [0.05, 0.1) is 26.2 Å². The fourth-order valence-electron chi connectivity index (χ4n) is 4.42. The van der Waals surface area contributed by atoms with Crippen molar-refractivity contribution in [3.05, 3.63) is 30.1 Å². The van der Waals surface area contributed by atoms with Crippen molar-refractivity contribution in [1.82, 2.24) is 5.32 Å². The van der Waals surface area contributed by atoms with Gasteiger partial charge in [-0.05, 0) is 49.4 Å². The second-order valence-corrected chi connectivity index (χ2v) is 8.23. The van der Waals surface area contributed by atoms with E-state index in [0.717, 1.165) is 38.3 Å². The van der Waals surface area contributed by atoms with Crippen LogP contribution in [0.15, 0.2) is 24.3 Å². The number of quaternary nitrogens is 1. The number of carbonyl (C=O) groups is 1. The van der Waals surface area contributed by atoms with Crippen molar-refractivity contribution in [1.29, 1.82) is 0 Å². The van der Waals surface area contributed by atoms with Crippen LogP contribution in [0.2, 0.25) is 0 Å². The van der Waals surface area contributed by atoms with Crippen LogP contribution in [0.4, 0.5) is 10.1 Å². The monoisotopic (exact) mass is 362 g/mol. The Labute approximate surface area is 156 Å². The van der Waals surface area contributed by atoms with E-state index >= 15 is 0 Å². The highest BCUT2D eigenvalue weighted by molar-refractivity contribution is 5.80. The quantitative estimate of drug-likeness (QED) is 0.858. The summed E-state index contributed by atoms with van der Waals surface area (Å²) in [5.74, 6) is 1.25. The molecule has 1 aromatic rings. The third kappa shape index (κ3) is 4.37. The molecule has 0 unspecified atom stereocenters.